The Labute approximate surface area is 89.8 Å². The standard InChI is InChI=1S/C11H15ClO2/c1-2-13-8-5-9-14-11-7-4-3-6-10(11)12/h3-4,6-7H,2,5,8-9H2,1H3. The Bertz CT molecular complexity index is 263. The maximum absolute atomic E-state index is 5.91. The second kappa shape index (κ2) is 6.68. The third kappa shape index (κ3) is 3.99. The Hall–Kier alpha value is -0.730. The van der Waals surface area contributed by atoms with Crippen molar-refractivity contribution < 1.29 is 9.47 Å². The molecule has 0 aromatic heterocycles. The summed E-state index contributed by atoms with van der Waals surface area (Å²) in [6.07, 6.45) is 0.888. The van der Waals surface area contributed by atoms with E-state index < -0.39 is 0 Å². The predicted molar refractivity (Wildman–Crippen MR) is 58.1 cm³/mol. The van der Waals surface area contributed by atoms with Crippen LogP contribution in [0.3, 0.4) is 0 Å². The number of ether oxygens (including phenoxy) is 2. The van der Waals surface area contributed by atoms with Gasteiger partial charge in [0.25, 0.3) is 0 Å². The highest BCUT2D eigenvalue weighted by molar-refractivity contribution is 6.32. The Balaban J connectivity index is 2.21. The average molecular weight is 215 g/mol. The summed E-state index contributed by atoms with van der Waals surface area (Å²) < 4.78 is 10.7. The number of hydrogen-bond acceptors (Lipinski definition) is 2. The van der Waals surface area contributed by atoms with Crippen LogP contribution in [0, 0.1) is 0 Å². The van der Waals surface area contributed by atoms with Gasteiger partial charge in [-0.15, -0.1) is 0 Å². The van der Waals surface area contributed by atoms with Crippen LogP contribution in [-0.4, -0.2) is 19.8 Å². The minimum absolute atomic E-state index is 0.643. The molecule has 0 saturated heterocycles. The van der Waals surface area contributed by atoms with Crippen molar-refractivity contribution in [3.8, 4) is 5.75 Å². The molecule has 78 valence electrons. The molecule has 0 aliphatic carbocycles. The van der Waals surface area contributed by atoms with Gasteiger partial charge in [-0.05, 0) is 19.1 Å². The van der Waals surface area contributed by atoms with E-state index in [0.29, 0.717) is 11.6 Å². The minimum atomic E-state index is 0.643. The molecule has 0 N–H and O–H groups in total. The lowest BCUT2D eigenvalue weighted by atomic mass is 10.3. The monoisotopic (exact) mass is 214 g/mol. The average Bonchev–Trinajstić information content (AvgIpc) is 2.20. The maximum atomic E-state index is 5.91. The molecule has 14 heavy (non-hydrogen) atoms. The van der Waals surface area contributed by atoms with Gasteiger partial charge in [0.15, 0.2) is 0 Å². The van der Waals surface area contributed by atoms with Gasteiger partial charge >= 0.3 is 0 Å². The van der Waals surface area contributed by atoms with Gasteiger partial charge in [-0.3, -0.25) is 0 Å². The zero-order valence-electron chi connectivity index (χ0n) is 8.33. The van der Waals surface area contributed by atoms with E-state index in [0.717, 1.165) is 25.4 Å². The molecule has 1 aromatic rings. The first-order valence-electron chi connectivity index (χ1n) is 4.79. The van der Waals surface area contributed by atoms with Gasteiger partial charge in [0.2, 0.25) is 0 Å². The van der Waals surface area contributed by atoms with Crippen LogP contribution in [0.15, 0.2) is 24.3 Å². The molecule has 0 radical (unpaired) electrons. The smallest absolute Gasteiger partial charge is 0.137 e. The number of rotatable bonds is 6. The van der Waals surface area contributed by atoms with Crippen molar-refractivity contribution in [2.45, 2.75) is 13.3 Å². The van der Waals surface area contributed by atoms with Gasteiger partial charge in [0, 0.05) is 19.6 Å². The third-order valence-electron chi connectivity index (χ3n) is 1.73. The number of halogens is 1. The van der Waals surface area contributed by atoms with Crippen molar-refractivity contribution in [1.29, 1.82) is 0 Å². The lowest BCUT2D eigenvalue weighted by molar-refractivity contribution is 0.131. The molecular weight excluding hydrogens is 200 g/mol. The first-order chi connectivity index (χ1) is 6.84. The van der Waals surface area contributed by atoms with Crippen molar-refractivity contribution in [3.05, 3.63) is 29.3 Å². The van der Waals surface area contributed by atoms with Gasteiger partial charge in [0.05, 0.1) is 11.6 Å². The summed E-state index contributed by atoms with van der Waals surface area (Å²) in [5.41, 5.74) is 0. The van der Waals surface area contributed by atoms with E-state index >= 15 is 0 Å². The van der Waals surface area contributed by atoms with Gasteiger partial charge in [-0.1, -0.05) is 23.7 Å². The fraction of sp³-hybridized carbons (Fsp3) is 0.455. The molecule has 0 unspecified atom stereocenters. The Kier molecular flexibility index (Phi) is 5.42. The Morgan fingerprint density at radius 3 is 2.71 bits per heavy atom. The van der Waals surface area contributed by atoms with E-state index in [2.05, 4.69) is 0 Å². The van der Waals surface area contributed by atoms with E-state index in [-0.39, 0.29) is 0 Å². The summed E-state index contributed by atoms with van der Waals surface area (Å²) in [5.74, 6) is 0.741. The Morgan fingerprint density at radius 2 is 2.00 bits per heavy atom. The fourth-order valence-electron chi connectivity index (χ4n) is 1.05. The van der Waals surface area contributed by atoms with Crippen LogP contribution in [-0.2, 0) is 4.74 Å². The van der Waals surface area contributed by atoms with Gasteiger partial charge in [-0.25, -0.2) is 0 Å². The lowest BCUT2D eigenvalue weighted by Gasteiger charge is -2.07. The van der Waals surface area contributed by atoms with Crippen molar-refractivity contribution in [2.75, 3.05) is 19.8 Å². The summed E-state index contributed by atoms with van der Waals surface area (Å²) in [5, 5.41) is 0.656. The molecule has 0 saturated carbocycles. The number of hydrogen-bond donors (Lipinski definition) is 0. The highest BCUT2D eigenvalue weighted by Gasteiger charge is 1.98. The van der Waals surface area contributed by atoms with Crippen LogP contribution < -0.4 is 4.74 Å². The summed E-state index contributed by atoms with van der Waals surface area (Å²) >= 11 is 5.91. The van der Waals surface area contributed by atoms with Gasteiger partial charge < -0.3 is 9.47 Å². The van der Waals surface area contributed by atoms with Crippen molar-refractivity contribution in [1.82, 2.24) is 0 Å². The molecule has 0 aliphatic heterocycles. The SMILES string of the molecule is CCOCCCOc1ccccc1Cl. The van der Waals surface area contributed by atoms with E-state index in [1.54, 1.807) is 0 Å². The topological polar surface area (TPSA) is 18.5 Å². The third-order valence-corrected chi connectivity index (χ3v) is 2.04. The van der Waals surface area contributed by atoms with Crippen molar-refractivity contribution >= 4 is 11.6 Å². The quantitative estimate of drug-likeness (QED) is 0.678. The summed E-state index contributed by atoms with van der Waals surface area (Å²) in [6.45, 7) is 4.12. The molecule has 0 amide bonds. The van der Waals surface area contributed by atoms with Crippen LogP contribution in [0.25, 0.3) is 0 Å². The molecule has 0 bridgehead atoms. The molecule has 3 heteroatoms. The molecule has 1 rings (SSSR count). The van der Waals surface area contributed by atoms with Crippen LogP contribution in [0.4, 0.5) is 0 Å². The number of para-hydroxylation sites is 1. The fourth-order valence-corrected chi connectivity index (χ4v) is 1.24. The van der Waals surface area contributed by atoms with Crippen molar-refractivity contribution in [2.24, 2.45) is 0 Å². The van der Waals surface area contributed by atoms with Crippen LogP contribution in [0.1, 0.15) is 13.3 Å². The molecule has 2 nitrogen and oxygen atoms in total. The molecular formula is C11H15ClO2. The van der Waals surface area contributed by atoms with Crippen LogP contribution in [0.5, 0.6) is 5.75 Å². The zero-order valence-corrected chi connectivity index (χ0v) is 9.09. The van der Waals surface area contributed by atoms with Crippen molar-refractivity contribution in [3.63, 3.8) is 0 Å². The van der Waals surface area contributed by atoms with Gasteiger partial charge in [-0.2, -0.15) is 0 Å². The minimum Gasteiger partial charge on any atom is -0.492 e. The van der Waals surface area contributed by atoms with E-state index in [4.69, 9.17) is 21.1 Å². The molecule has 1 aromatic carbocycles. The first kappa shape index (κ1) is 11.3. The number of benzene rings is 1. The predicted octanol–water partition coefficient (Wildman–Crippen LogP) is 3.15. The molecule has 0 aliphatic rings. The van der Waals surface area contributed by atoms with Crippen LogP contribution in [0.2, 0.25) is 5.02 Å². The van der Waals surface area contributed by atoms with Gasteiger partial charge in [0.1, 0.15) is 5.75 Å². The lowest BCUT2D eigenvalue weighted by Crippen LogP contribution is -2.02. The molecule has 0 atom stereocenters. The second-order valence-electron chi connectivity index (χ2n) is 2.83. The largest absolute Gasteiger partial charge is 0.492 e. The highest BCUT2D eigenvalue weighted by atomic mass is 35.5. The summed E-state index contributed by atoms with van der Waals surface area (Å²) in [7, 11) is 0. The Morgan fingerprint density at radius 1 is 1.21 bits per heavy atom. The first-order valence-corrected chi connectivity index (χ1v) is 5.17. The summed E-state index contributed by atoms with van der Waals surface area (Å²) in [4.78, 5) is 0. The second-order valence-corrected chi connectivity index (χ2v) is 3.24. The maximum Gasteiger partial charge on any atom is 0.137 e. The highest BCUT2D eigenvalue weighted by Crippen LogP contribution is 2.22. The summed E-state index contributed by atoms with van der Waals surface area (Å²) in [6, 6.07) is 7.47. The normalized spacial score (nSPS) is 10.1. The molecule has 0 heterocycles. The zero-order chi connectivity index (χ0) is 10.2. The van der Waals surface area contributed by atoms with Crippen LogP contribution >= 0.6 is 11.6 Å². The van der Waals surface area contributed by atoms with E-state index in [1.807, 2.05) is 31.2 Å². The molecule has 0 fully saturated rings. The molecule has 0 spiro atoms. The van der Waals surface area contributed by atoms with E-state index in [9.17, 15) is 0 Å². The van der Waals surface area contributed by atoms with E-state index in [1.165, 1.54) is 0 Å².